The minimum atomic E-state index is -0.468. The summed E-state index contributed by atoms with van der Waals surface area (Å²) in [6, 6.07) is 11.1. The molecule has 6 heteroatoms. The highest BCUT2D eigenvalue weighted by Crippen LogP contribution is 2.13. The molecule has 25 heavy (non-hydrogen) atoms. The number of halogens is 2. The first kappa shape index (κ1) is 18.7. The Morgan fingerprint density at radius 1 is 1.04 bits per heavy atom. The van der Waals surface area contributed by atoms with E-state index in [4.69, 9.17) is 4.74 Å². The maximum absolute atomic E-state index is 13.6. The Morgan fingerprint density at radius 2 is 1.72 bits per heavy atom. The van der Waals surface area contributed by atoms with Crippen LogP contribution in [0.3, 0.4) is 0 Å². The van der Waals surface area contributed by atoms with Gasteiger partial charge < -0.3 is 15.4 Å². The SMILES string of the molecule is CN=C(NCc1ccc(OC(C)C)cc1)NCc1cc(F)ccc1F. The van der Waals surface area contributed by atoms with Crippen LogP contribution in [0.4, 0.5) is 8.78 Å². The summed E-state index contributed by atoms with van der Waals surface area (Å²) in [5, 5.41) is 6.10. The third-order valence-electron chi connectivity index (χ3n) is 3.43. The van der Waals surface area contributed by atoms with Crippen LogP contribution in [0.25, 0.3) is 0 Å². The van der Waals surface area contributed by atoms with E-state index in [1.165, 1.54) is 6.07 Å². The molecular formula is C19H23F2N3O. The van der Waals surface area contributed by atoms with Crippen molar-refractivity contribution >= 4 is 5.96 Å². The van der Waals surface area contributed by atoms with Gasteiger partial charge in [-0.05, 0) is 49.7 Å². The minimum Gasteiger partial charge on any atom is -0.491 e. The lowest BCUT2D eigenvalue weighted by molar-refractivity contribution is 0.242. The van der Waals surface area contributed by atoms with E-state index in [0.717, 1.165) is 23.4 Å². The van der Waals surface area contributed by atoms with Crippen molar-refractivity contribution in [1.29, 1.82) is 0 Å². The molecule has 0 aliphatic heterocycles. The standard InChI is InChI=1S/C19H23F2N3O/c1-13(2)25-17-7-4-14(5-8-17)11-23-19(22-3)24-12-15-10-16(20)6-9-18(15)21/h4-10,13H,11-12H2,1-3H3,(H2,22,23,24). The summed E-state index contributed by atoms with van der Waals surface area (Å²) in [5.74, 6) is 0.406. The fourth-order valence-corrected chi connectivity index (χ4v) is 2.22. The molecule has 0 amide bonds. The Labute approximate surface area is 146 Å². The molecule has 134 valence electrons. The zero-order valence-electron chi connectivity index (χ0n) is 14.6. The summed E-state index contributed by atoms with van der Waals surface area (Å²) >= 11 is 0. The van der Waals surface area contributed by atoms with Gasteiger partial charge in [-0.1, -0.05) is 12.1 Å². The second-order valence-electron chi connectivity index (χ2n) is 5.83. The Kier molecular flexibility index (Phi) is 6.74. The van der Waals surface area contributed by atoms with E-state index in [9.17, 15) is 8.78 Å². The summed E-state index contributed by atoms with van der Waals surface area (Å²) in [6.45, 7) is 4.65. The van der Waals surface area contributed by atoms with Crippen molar-refractivity contribution in [3.63, 3.8) is 0 Å². The molecule has 0 saturated carbocycles. The lowest BCUT2D eigenvalue weighted by atomic mass is 10.2. The van der Waals surface area contributed by atoms with E-state index < -0.39 is 11.6 Å². The molecule has 0 aliphatic carbocycles. The largest absolute Gasteiger partial charge is 0.491 e. The predicted octanol–water partition coefficient (Wildman–Crippen LogP) is 3.62. The smallest absolute Gasteiger partial charge is 0.191 e. The van der Waals surface area contributed by atoms with Gasteiger partial charge in [0.1, 0.15) is 17.4 Å². The van der Waals surface area contributed by atoms with Crippen LogP contribution in [-0.2, 0) is 13.1 Å². The highest BCUT2D eigenvalue weighted by atomic mass is 19.1. The van der Waals surface area contributed by atoms with Gasteiger partial charge in [0.15, 0.2) is 5.96 Å². The first-order chi connectivity index (χ1) is 12.0. The van der Waals surface area contributed by atoms with Gasteiger partial charge in [-0.15, -0.1) is 0 Å². The van der Waals surface area contributed by atoms with Crippen molar-refractivity contribution in [1.82, 2.24) is 10.6 Å². The number of nitrogens with one attached hydrogen (secondary N) is 2. The first-order valence-corrected chi connectivity index (χ1v) is 8.12. The molecule has 2 aromatic rings. The molecule has 2 N–H and O–H groups in total. The van der Waals surface area contributed by atoms with Crippen molar-refractivity contribution in [3.05, 3.63) is 65.2 Å². The van der Waals surface area contributed by atoms with Crippen molar-refractivity contribution in [2.45, 2.75) is 33.0 Å². The molecule has 0 saturated heterocycles. The third-order valence-corrected chi connectivity index (χ3v) is 3.43. The third kappa shape index (κ3) is 6.06. The number of aliphatic imine (C=N–C) groups is 1. The van der Waals surface area contributed by atoms with Crippen molar-refractivity contribution < 1.29 is 13.5 Å². The molecule has 2 rings (SSSR count). The number of guanidine groups is 1. The van der Waals surface area contributed by atoms with E-state index in [0.29, 0.717) is 12.5 Å². The molecule has 0 unspecified atom stereocenters. The molecule has 0 aromatic heterocycles. The van der Waals surface area contributed by atoms with Gasteiger partial charge in [-0.3, -0.25) is 4.99 Å². The lowest BCUT2D eigenvalue weighted by Gasteiger charge is -2.13. The van der Waals surface area contributed by atoms with E-state index in [2.05, 4.69) is 15.6 Å². The molecule has 4 nitrogen and oxygen atoms in total. The average Bonchev–Trinajstić information content (AvgIpc) is 2.58. The predicted molar refractivity (Wildman–Crippen MR) is 95.6 cm³/mol. The minimum absolute atomic E-state index is 0.134. The Morgan fingerprint density at radius 3 is 2.36 bits per heavy atom. The summed E-state index contributed by atoms with van der Waals surface area (Å²) in [7, 11) is 1.62. The number of benzene rings is 2. The Bertz CT molecular complexity index is 715. The molecular weight excluding hydrogens is 324 g/mol. The summed E-state index contributed by atoms with van der Waals surface area (Å²) < 4.78 is 32.4. The zero-order valence-corrected chi connectivity index (χ0v) is 14.6. The molecule has 2 aromatic carbocycles. The van der Waals surface area contributed by atoms with Crippen molar-refractivity contribution in [3.8, 4) is 5.75 Å². The van der Waals surface area contributed by atoms with Crippen LogP contribution >= 0.6 is 0 Å². The van der Waals surface area contributed by atoms with Crippen LogP contribution in [-0.4, -0.2) is 19.1 Å². The normalized spacial score (nSPS) is 11.5. The van der Waals surface area contributed by atoms with Gasteiger partial charge >= 0.3 is 0 Å². The number of hydrogen-bond acceptors (Lipinski definition) is 2. The molecule has 0 bridgehead atoms. The summed E-state index contributed by atoms with van der Waals surface area (Å²) in [6.07, 6.45) is 0.134. The van der Waals surface area contributed by atoms with Gasteiger partial charge in [-0.2, -0.15) is 0 Å². The van der Waals surface area contributed by atoms with E-state index in [-0.39, 0.29) is 18.2 Å². The van der Waals surface area contributed by atoms with Gasteiger partial charge in [0.2, 0.25) is 0 Å². The molecule has 0 heterocycles. The molecule has 0 spiro atoms. The average molecular weight is 347 g/mol. The summed E-state index contributed by atoms with van der Waals surface area (Å²) in [5.41, 5.74) is 1.30. The Hall–Kier alpha value is -2.63. The van der Waals surface area contributed by atoms with Gasteiger partial charge in [-0.25, -0.2) is 8.78 Å². The lowest BCUT2D eigenvalue weighted by Crippen LogP contribution is -2.36. The monoisotopic (exact) mass is 347 g/mol. The number of rotatable bonds is 6. The van der Waals surface area contributed by atoms with Gasteiger partial charge in [0, 0.05) is 25.7 Å². The van der Waals surface area contributed by atoms with Crippen LogP contribution in [0.5, 0.6) is 5.75 Å². The van der Waals surface area contributed by atoms with Gasteiger partial charge in [0.25, 0.3) is 0 Å². The zero-order chi connectivity index (χ0) is 18.2. The maximum Gasteiger partial charge on any atom is 0.191 e. The van der Waals surface area contributed by atoms with E-state index in [1.54, 1.807) is 7.05 Å². The van der Waals surface area contributed by atoms with Crippen LogP contribution in [0.2, 0.25) is 0 Å². The quantitative estimate of drug-likeness (QED) is 0.620. The molecule has 0 atom stereocenters. The van der Waals surface area contributed by atoms with Crippen LogP contribution in [0.15, 0.2) is 47.5 Å². The summed E-state index contributed by atoms with van der Waals surface area (Å²) in [4.78, 5) is 4.08. The van der Waals surface area contributed by atoms with Gasteiger partial charge in [0.05, 0.1) is 6.10 Å². The van der Waals surface area contributed by atoms with Crippen molar-refractivity contribution in [2.75, 3.05) is 7.05 Å². The molecule has 0 radical (unpaired) electrons. The number of ether oxygens (including phenoxy) is 1. The van der Waals surface area contributed by atoms with Crippen LogP contribution in [0.1, 0.15) is 25.0 Å². The van der Waals surface area contributed by atoms with Crippen LogP contribution in [0, 0.1) is 11.6 Å². The second kappa shape index (κ2) is 9.01. The molecule has 0 fully saturated rings. The van der Waals surface area contributed by atoms with Crippen molar-refractivity contribution in [2.24, 2.45) is 4.99 Å². The fraction of sp³-hybridized carbons (Fsp3) is 0.316. The fourth-order valence-electron chi connectivity index (χ4n) is 2.22. The molecule has 0 aliphatic rings. The van der Waals surface area contributed by atoms with E-state index >= 15 is 0 Å². The topological polar surface area (TPSA) is 45.7 Å². The second-order valence-corrected chi connectivity index (χ2v) is 5.83. The van der Waals surface area contributed by atoms with E-state index in [1.807, 2.05) is 38.1 Å². The highest BCUT2D eigenvalue weighted by Gasteiger charge is 2.05. The van der Waals surface area contributed by atoms with Crippen LogP contribution < -0.4 is 15.4 Å². The highest BCUT2D eigenvalue weighted by molar-refractivity contribution is 5.79. The Balaban J connectivity index is 1.87. The number of nitrogens with zero attached hydrogens (tertiary/aromatic N) is 1. The number of hydrogen-bond donors (Lipinski definition) is 2. The maximum atomic E-state index is 13.6. The first-order valence-electron chi connectivity index (χ1n) is 8.12.